The Morgan fingerprint density at radius 3 is 2.65 bits per heavy atom. The number of ether oxygens (including phenoxy) is 1. The van der Waals surface area contributed by atoms with Crippen molar-refractivity contribution in [2.24, 2.45) is 4.99 Å². The number of thiazole rings is 1. The summed E-state index contributed by atoms with van der Waals surface area (Å²) in [5, 5.41) is 7.48. The third kappa shape index (κ3) is 7.06. The molecular weight excluding hydrogens is 466 g/mol. The highest BCUT2D eigenvalue weighted by molar-refractivity contribution is 14.0. The molecule has 0 spiro atoms. The van der Waals surface area contributed by atoms with Crippen LogP contribution in [-0.4, -0.2) is 30.1 Å². The molecule has 1 atom stereocenters. The fraction of sp³-hybridized carbons (Fsp3) is 0.444. The number of halogens is 2. The first-order valence-corrected chi connectivity index (χ1v) is 9.17. The molecule has 1 unspecified atom stereocenters. The summed E-state index contributed by atoms with van der Waals surface area (Å²) < 4.78 is 19.3. The van der Waals surface area contributed by atoms with Crippen LogP contribution in [0.1, 0.15) is 29.4 Å². The monoisotopic (exact) mass is 492 g/mol. The van der Waals surface area contributed by atoms with E-state index >= 15 is 0 Å². The van der Waals surface area contributed by atoms with Crippen LogP contribution in [-0.2, 0) is 6.54 Å². The highest BCUT2D eigenvalue weighted by Gasteiger charge is 2.09. The van der Waals surface area contributed by atoms with Crippen LogP contribution in [0.15, 0.2) is 29.3 Å². The lowest BCUT2D eigenvalue weighted by Gasteiger charge is -2.18. The summed E-state index contributed by atoms with van der Waals surface area (Å²) in [5.41, 5.74) is 1.03. The molecule has 0 bridgehead atoms. The van der Waals surface area contributed by atoms with Crippen molar-refractivity contribution in [3.8, 4) is 5.75 Å². The van der Waals surface area contributed by atoms with Gasteiger partial charge in [-0.3, -0.25) is 0 Å². The maximum absolute atomic E-state index is 13.6. The minimum atomic E-state index is -0.356. The number of nitrogens with one attached hydrogen (secondary N) is 2. The van der Waals surface area contributed by atoms with Crippen LogP contribution in [0.5, 0.6) is 5.75 Å². The number of rotatable bonds is 7. The number of benzene rings is 1. The lowest BCUT2D eigenvalue weighted by Crippen LogP contribution is -2.41. The van der Waals surface area contributed by atoms with E-state index in [1.54, 1.807) is 29.5 Å². The van der Waals surface area contributed by atoms with E-state index < -0.39 is 0 Å². The number of guanidine groups is 1. The van der Waals surface area contributed by atoms with Crippen LogP contribution in [0, 0.1) is 19.7 Å². The van der Waals surface area contributed by atoms with Gasteiger partial charge in [0.05, 0.1) is 23.8 Å². The molecule has 0 aliphatic rings. The van der Waals surface area contributed by atoms with Crippen molar-refractivity contribution >= 4 is 41.3 Å². The fourth-order valence-corrected chi connectivity index (χ4v) is 3.11. The Labute approximate surface area is 175 Å². The smallest absolute Gasteiger partial charge is 0.191 e. The van der Waals surface area contributed by atoms with E-state index in [1.807, 2.05) is 27.7 Å². The van der Waals surface area contributed by atoms with E-state index in [0.29, 0.717) is 19.0 Å². The van der Waals surface area contributed by atoms with Gasteiger partial charge in [0.1, 0.15) is 6.10 Å². The quantitative estimate of drug-likeness (QED) is 0.348. The van der Waals surface area contributed by atoms with E-state index in [2.05, 4.69) is 20.6 Å². The Morgan fingerprint density at radius 2 is 2.04 bits per heavy atom. The van der Waals surface area contributed by atoms with E-state index in [1.165, 1.54) is 6.07 Å². The number of hydrogen-bond acceptors (Lipinski definition) is 4. The molecule has 2 aromatic rings. The van der Waals surface area contributed by atoms with Gasteiger partial charge in [-0.05, 0) is 39.8 Å². The Balaban J connectivity index is 0.00000338. The molecule has 1 heterocycles. The van der Waals surface area contributed by atoms with Gasteiger partial charge in [0.15, 0.2) is 17.5 Å². The van der Waals surface area contributed by atoms with Crippen molar-refractivity contribution in [2.45, 2.75) is 40.3 Å². The zero-order chi connectivity index (χ0) is 18.2. The summed E-state index contributed by atoms with van der Waals surface area (Å²) in [6.07, 6.45) is -0.201. The molecular formula is C18H26FIN4OS. The molecule has 1 aromatic heterocycles. The average molecular weight is 492 g/mol. The van der Waals surface area contributed by atoms with Crippen LogP contribution in [0.4, 0.5) is 4.39 Å². The van der Waals surface area contributed by atoms with Crippen LogP contribution >= 0.6 is 35.3 Å². The van der Waals surface area contributed by atoms with Gasteiger partial charge in [-0.25, -0.2) is 14.4 Å². The topological polar surface area (TPSA) is 58.5 Å². The van der Waals surface area contributed by atoms with Crippen molar-refractivity contribution < 1.29 is 9.13 Å². The van der Waals surface area contributed by atoms with Crippen LogP contribution < -0.4 is 15.4 Å². The highest BCUT2D eigenvalue weighted by atomic mass is 127. The molecule has 8 heteroatoms. The molecule has 26 heavy (non-hydrogen) atoms. The highest BCUT2D eigenvalue weighted by Crippen LogP contribution is 2.18. The molecule has 0 amide bonds. The lowest BCUT2D eigenvalue weighted by molar-refractivity contribution is 0.214. The molecule has 0 saturated heterocycles. The minimum Gasteiger partial charge on any atom is -0.486 e. The van der Waals surface area contributed by atoms with Gasteiger partial charge < -0.3 is 15.4 Å². The van der Waals surface area contributed by atoms with Gasteiger partial charge >= 0.3 is 0 Å². The summed E-state index contributed by atoms with van der Waals surface area (Å²) in [6.45, 7) is 9.75. The summed E-state index contributed by atoms with van der Waals surface area (Å²) in [5.74, 6) is 0.609. The molecule has 144 valence electrons. The first-order chi connectivity index (χ1) is 12.0. The third-order valence-electron chi connectivity index (χ3n) is 3.45. The molecule has 2 rings (SSSR count). The van der Waals surface area contributed by atoms with Gasteiger partial charge in [-0.2, -0.15) is 0 Å². The van der Waals surface area contributed by atoms with Gasteiger partial charge in [-0.15, -0.1) is 35.3 Å². The summed E-state index contributed by atoms with van der Waals surface area (Å²) in [4.78, 5) is 10.2. The van der Waals surface area contributed by atoms with Crippen LogP contribution in [0.2, 0.25) is 0 Å². The number of para-hydroxylation sites is 1. The normalized spacial score (nSPS) is 12.3. The number of nitrogens with zero attached hydrogens (tertiary/aromatic N) is 2. The molecule has 0 aliphatic carbocycles. The first-order valence-electron chi connectivity index (χ1n) is 8.35. The lowest BCUT2D eigenvalue weighted by atomic mass is 10.3. The molecule has 0 aliphatic heterocycles. The number of aromatic nitrogens is 1. The second-order valence-corrected chi connectivity index (χ2v) is 6.96. The average Bonchev–Trinajstić information content (AvgIpc) is 2.90. The van der Waals surface area contributed by atoms with Crippen LogP contribution in [0.25, 0.3) is 0 Å². The number of aryl methyl sites for hydroxylation is 2. The maximum Gasteiger partial charge on any atom is 0.191 e. The Hall–Kier alpha value is -1.42. The Kier molecular flexibility index (Phi) is 9.85. The second-order valence-electron chi connectivity index (χ2n) is 5.68. The van der Waals surface area contributed by atoms with Crippen LogP contribution in [0.3, 0.4) is 0 Å². The zero-order valence-corrected chi connectivity index (χ0v) is 18.7. The minimum absolute atomic E-state index is 0. The third-order valence-corrected chi connectivity index (χ3v) is 4.50. The fourth-order valence-electron chi connectivity index (χ4n) is 2.25. The van der Waals surface area contributed by atoms with Gasteiger partial charge in [0.2, 0.25) is 0 Å². The first kappa shape index (κ1) is 22.6. The van der Waals surface area contributed by atoms with E-state index in [0.717, 1.165) is 22.1 Å². The van der Waals surface area contributed by atoms with Crippen molar-refractivity contribution in [3.63, 3.8) is 0 Å². The Morgan fingerprint density at radius 1 is 1.31 bits per heavy atom. The van der Waals surface area contributed by atoms with E-state index in [-0.39, 0.29) is 41.6 Å². The zero-order valence-electron chi connectivity index (χ0n) is 15.5. The standard InChI is InChI=1S/C18H25FN4OS.HI/c1-5-20-18(22-11-17-13(3)23-14(4)25-17)21-10-12(2)24-16-9-7-6-8-15(16)19;/h6-9,12H,5,10-11H2,1-4H3,(H2,20,21,22);1H. The van der Waals surface area contributed by atoms with Gasteiger partial charge in [0.25, 0.3) is 0 Å². The molecule has 0 saturated carbocycles. The number of hydrogen-bond donors (Lipinski definition) is 2. The van der Waals surface area contributed by atoms with E-state index in [9.17, 15) is 4.39 Å². The molecule has 2 N–H and O–H groups in total. The van der Waals surface area contributed by atoms with Crippen molar-refractivity contribution in [1.29, 1.82) is 0 Å². The largest absolute Gasteiger partial charge is 0.486 e. The maximum atomic E-state index is 13.6. The summed E-state index contributed by atoms with van der Waals surface area (Å²) in [7, 11) is 0. The predicted molar refractivity (Wildman–Crippen MR) is 116 cm³/mol. The van der Waals surface area contributed by atoms with Crippen molar-refractivity contribution in [1.82, 2.24) is 15.6 Å². The van der Waals surface area contributed by atoms with Crippen molar-refractivity contribution in [2.75, 3.05) is 13.1 Å². The second kappa shape index (κ2) is 11.3. The SMILES string of the molecule is CCNC(=NCc1sc(C)nc1C)NCC(C)Oc1ccccc1F.I. The van der Waals surface area contributed by atoms with E-state index in [4.69, 9.17) is 4.74 Å². The molecule has 0 radical (unpaired) electrons. The van der Waals surface area contributed by atoms with Gasteiger partial charge in [-0.1, -0.05) is 12.1 Å². The summed E-state index contributed by atoms with van der Waals surface area (Å²) in [6, 6.07) is 6.41. The predicted octanol–water partition coefficient (Wildman–Crippen LogP) is 4.04. The van der Waals surface area contributed by atoms with Gasteiger partial charge in [0, 0.05) is 11.4 Å². The van der Waals surface area contributed by atoms with Crippen molar-refractivity contribution in [3.05, 3.63) is 45.7 Å². The molecule has 0 fully saturated rings. The Bertz CT molecular complexity index is 723. The molecule has 1 aromatic carbocycles. The number of aliphatic imine (C=N–C) groups is 1. The molecule has 5 nitrogen and oxygen atoms in total. The summed E-state index contributed by atoms with van der Waals surface area (Å²) >= 11 is 1.66.